The predicted molar refractivity (Wildman–Crippen MR) is 84.4 cm³/mol. The highest BCUT2D eigenvalue weighted by atomic mass is 79.9. The second-order valence-electron chi connectivity index (χ2n) is 4.09. The number of nitrogen functional groups attached to an aromatic ring is 1. The van der Waals surface area contributed by atoms with Crippen LogP contribution in [0.5, 0.6) is 0 Å². The smallest absolute Gasteiger partial charge is 0.153 e. The third-order valence-electron chi connectivity index (χ3n) is 2.81. The molecule has 0 atom stereocenters. The maximum absolute atomic E-state index is 13.2. The fourth-order valence-corrected chi connectivity index (χ4v) is 3.60. The SMILES string of the molecule is Nc1n[nH]c(-c2ccc(Br)s2)c1-c1ccc(F)cc1Cl. The maximum Gasteiger partial charge on any atom is 0.153 e. The molecule has 0 saturated heterocycles. The predicted octanol–water partition coefficient (Wildman–Crippen LogP) is 4.94. The van der Waals surface area contributed by atoms with E-state index in [0.29, 0.717) is 22.0 Å². The molecule has 0 saturated carbocycles. The number of benzene rings is 1. The number of nitrogens with zero attached hydrogens (tertiary/aromatic N) is 1. The number of H-pyrrole nitrogens is 1. The van der Waals surface area contributed by atoms with E-state index in [0.717, 1.165) is 14.4 Å². The fourth-order valence-electron chi connectivity index (χ4n) is 1.95. The Bertz CT molecular complexity index is 784. The minimum atomic E-state index is -0.388. The van der Waals surface area contributed by atoms with Crippen LogP contribution in [0.25, 0.3) is 21.7 Å². The van der Waals surface area contributed by atoms with E-state index in [-0.39, 0.29) is 5.82 Å². The number of hydrogen-bond donors (Lipinski definition) is 2. The van der Waals surface area contributed by atoms with Gasteiger partial charge in [0.1, 0.15) is 5.82 Å². The molecule has 3 rings (SSSR count). The number of aromatic amines is 1. The average molecular weight is 373 g/mol. The minimum Gasteiger partial charge on any atom is -0.382 e. The van der Waals surface area contributed by atoms with Gasteiger partial charge in [0.15, 0.2) is 5.82 Å². The second-order valence-corrected chi connectivity index (χ2v) is 6.96. The van der Waals surface area contributed by atoms with Gasteiger partial charge >= 0.3 is 0 Å². The van der Waals surface area contributed by atoms with Gasteiger partial charge in [-0.1, -0.05) is 11.6 Å². The number of hydrogen-bond acceptors (Lipinski definition) is 3. The average Bonchev–Trinajstić information content (AvgIpc) is 2.96. The summed E-state index contributed by atoms with van der Waals surface area (Å²) in [5, 5.41) is 7.24. The van der Waals surface area contributed by atoms with Gasteiger partial charge in [-0.05, 0) is 46.3 Å². The Morgan fingerprint density at radius 2 is 2.10 bits per heavy atom. The summed E-state index contributed by atoms with van der Waals surface area (Å²) < 4.78 is 14.2. The van der Waals surface area contributed by atoms with Crippen LogP contribution in [0.15, 0.2) is 34.1 Å². The van der Waals surface area contributed by atoms with Gasteiger partial charge in [-0.25, -0.2) is 4.39 Å². The summed E-state index contributed by atoms with van der Waals surface area (Å²) in [6.07, 6.45) is 0. The van der Waals surface area contributed by atoms with Crippen molar-refractivity contribution in [2.75, 3.05) is 5.73 Å². The molecule has 3 aromatic rings. The van der Waals surface area contributed by atoms with Crippen molar-refractivity contribution in [1.82, 2.24) is 10.2 Å². The van der Waals surface area contributed by atoms with Crippen molar-refractivity contribution in [3.05, 3.63) is 45.0 Å². The standard InChI is InChI=1S/C13H8BrClFN3S/c14-10-4-3-9(20-10)12-11(13(17)19-18-12)7-2-1-6(16)5-8(7)15/h1-5H,(H3,17,18,19). The van der Waals surface area contributed by atoms with Crippen molar-refractivity contribution in [2.24, 2.45) is 0 Å². The summed E-state index contributed by atoms with van der Waals surface area (Å²) in [6.45, 7) is 0. The molecular weight excluding hydrogens is 365 g/mol. The van der Waals surface area contributed by atoms with E-state index in [1.165, 1.54) is 12.1 Å². The summed E-state index contributed by atoms with van der Waals surface area (Å²) in [4.78, 5) is 0.969. The van der Waals surface area contributed by atoms with Crippen molar-refractivity contribution in [2.45, 2.75) is 0 Å². The Morgan fingerprint density at radius 3 is 2.75 bits per heavy atom. The number of nitrogens with one attached hydrogen (secondary N) is 1. The van der Waals surface area contributed by atoms with Crippen LogP contribution in [0.4, 0.5) is 10.2 Å². The monoisotopic (exact) mass is 371 g/mol. The zero-order valence-corrected chi connectivity index (χ0v) is 13.1. The normalized spacial score (nSPS) is 10.9. The van der Waals surface area contributed by atoms with E-state index >= 15 is 0 Å². The molecule has 3 nitrogen and oxygen atoms in total. The molecule has 0 aliphatic rings. The molecule has 0 amide bonds. The number of halogens is 3. The zero-order chi connectivity index (χ0) is 14.3. The first-order valence-corrected chi connectivity index (χ1v) is 7.60. The molecular formula is C13H8BrClFN3S. The maximum atomic E-state index is 13.2. The molecule has 1 aromatic carbocycles. The highest BCUT2D eigenvalue weighted by Crippen LogP contribution is 2.41. The summed E-state index contributed by atoms with van der Waals surface area (Å²) in [5.74, 6) is -0.0562. The molecule has 0 aliphatic heterocycles. The molecule has 3 N–H and O–H groups in total. The Hall–Kier alpha value is -1.37. The molecule has 102 valence electrons. The van der Waals surface area contributed by atoms with Gasteiger partial charge in [0, 0.05) is 5.56 Å². The molecule has 0 radical (unpaired) electrons. The van der Waals surface area contributed by atoms with E-state index in [4.69, 9.17) is 17.3 Å². The van der Waals surface area contributed by atoms with Gasteiger partial charge in [0.05, 0.1) is 24.9 Å². The number of aromatic nitrogens is 2. The highest BCUT2D eigenvalue weighted by molar-refractivity contribution is 9.11. The van der Waals surface area contributed by atoms with Crippen molar-refractivity contribution >= 4 is 44.7 Å². The molecule has 0 fully saturated rings. The van der Waals surface area contributed by atoms with Crippen LogP contribution in [0.3, 0.4) is 0 Å². The number of anilines is 1. The molecule has 0 aliphatic carbocycles. The van der Waals surface area contributed by atoms with Crippen molar-refractivity contribution in [1.29, 1.82) is 0 Å². The first kappa shape index (κ1) is 13.6. The molecule has 0 bridgehead atoms. The van der Waals surface area contributed by atoms with Crippen LogP contribution >= 0.6 is 38.9 Å². The number of rotatable bonds is 2. The van der Waals surface area contributed by atoms with Gasteiger partial charge in [0.2, 0.25) is 0 Å². The largest absolute Gasteiger partial charge is 0.382 e. The summed E-state index contributed by atoms with van der Waals surface area (Å²) in [5.41, 5.74) is 8.03. The topological polar surface area (TPSA) is 54.7 Å². The summed E-state index contributed by atoms with van der Waals surface area (Å²) in [6, 6.07) is 8.10. The van der Waals surface area contributed by atoms with E-state index in [2.05, 4.69) is 26.1 Å². The summed E-state index contributed by atoms with van der Waals surface area (Å²) >= 11 is 11.1. The fraction of sp³-hybridized carbons (Fsp3) is 0. The lowest BCUT2D eigenvalue weighted by atomic mass is 10.0. The quantitative estimate of drug-likeness (QED) is 0.669. The van der Waals surface area contributed by atoms with Crippen LogP contribution in [0.2, 0.25) is 5.02 Å². The highest BCUT2D eigenvalue weighted by Gasteiger charge is 2.18. The second kappa shape index (κ2) is 5.20. The third kappa shape index (κ3) is 2.34. The van der Waals surface area contributed by atoms with Crippen molar-refractivity contribution in [3.63, 3.8) is 0 Å². The van der Waals surface area contributed by atoms with E-state index in [1.807, 2.05) is 12.1 Å². The third-order valence-corrected chi connectivity index (χ3v) is 4.77. The lowest BCUT2D eigenvalue weighted by Gasteiger charge is -2.05. The lowest BCUT2D eigenvalue weighted by molar-refractivity contribution is 0.628. The van der Waals surface area contributed by atoms with Crippen LogP contribution in [-0.2, 0) is 0 Å². The van der Waals surface area contributed by atoms with E-state index in [1.54, 1.807) is 17.4 Å². The first-order valence-electron chi connectivity index (χ1n) is 5.61. The minimum absolute atomic E-state index is 0.301. The molecule has 0 spiro atoms. The Kier molecular flexibility index (Phi) is 3.54. The van der Waals surface area contributed by atoms with Gasteiger partial charge in [-0.3, -0.25) is 5.10 Å². The number of thiophene rings is 1. The van der Waals surface area contributed by atoms with Crippen LogP contribution in [-0.4, -0.2) is 10.2 Å². The van der Waals surface area contributed by atoms with Gasteiger partial charge in [0.25, 0.3) is 0 Å². The zero-order valence-electron chi connectivity index (χ0n) is 9.95. The van der Waals surface area contributed by atoms with Gasteiger partial charge in [-0.15, -0.1) is 11.3 Å². The molecule has 0 unspecified atom stereocenters. The Labute approximate surface area is 131 Å². The van der Waals surface area contributed by atoms with Crippen LogP contribution < -0.4 is 5.73 Å². The first-order chi connectivity index (χ1) is 9.56. The Balaban J connectivity index is 2.21. The Morgan fingerprint density at radius 1 is 1.30 bits per heavy atom. The van der Waals surface area contributed by atoms with E-state index < -0.39 is 0 Å². The molecule has 2 heterocycles. The molecule has 2 aromatic heterocycles. The summed E-state index contributed by atoms with van der Waals surface area (Å²) in [7, 11) is 0. The van der Waals surface area contributed by atoms with E-state index in [9.17, 15) is 4.39 Å². The lowest BCUT2D eigenvalue weighted by Crippen LogP contribution is -1.89. The van der Waals surface area contributed by atoms with Crippen LogP contribution in [0, 0.1) is 5.82 Å². The van der Waals surface area contributed by atoms with Gasteiger partial charge in [-0.2, -0.15) is 5.10 Å². The van der Waals surface area contributed by atoms with Gasteiger partial charge < -0.3 is 5.73 Å². The molecule has 7 heteroatoms. The van der Waals surface area contributed by atoms with Crippen LogP contribution in [0.1, 0.15) is 0 Å². The van der Waals surface area contributed by atoms with Crippen molar-refractivity contribution < 1.29 is 4.39 Å². The van der Waals surface area contributed by atoms with Crippen molar-refractivity contribution in [3.8, 4) is 21.7 Å². The number of nitrogens with two attached hydrogens (primary N) is 1. The molecule has 20 heavy (non-hydrogen) atoms.